The Hall–Kier alpha value is -1.96. The summed E-state index contributed by atoms with van der Waals surface area (Å²) in [5.41, 5.74) is 0. The SMILES string of the molecule is CC(=O)COC(C)C.CC(=O)NC(C)C.CC(=O)NC(C)C.CC(=O)NC(C)C. The zero-order valence-electron chi connectivity index (χ0n) is 20.6. The maximum absolute atomic E-state index is 10.2. The van der Waals surface area contributed by atoms with Crippen LogP contribution in [0, 0.1) is 0 Å². The van der Waals surface area contributed by atoms with Crippen LogP contribution in [0.3, 0.4) is 0 Å². The molecule has 0 saturated carbocycles. The van der Waals surface area contributed by atoms with Gasteiger partial charge in [-0.05, 0) is 62.3 Å². The average molecular weight is 420 g/mol. The van der Waals surface area contributed by atoms with Gasteiger partial charge in [-0.2, -0.15) is 0 Å². The van der Waals surface area contributed by atoms with Gasteiger partial charge in [-0.15, -0.1) is 0 Å². The lowest BCUT2D eigenvalue weighted by atomic mass is 10.4. The highest BCUT2D eigenvalue weighted by atomic mass is 16.5. The van der Waals surface area contributed by atoms with Crippen LogP contribution in [-0.4, -0.2) is 54.3 Å². The van der Waals surface area contributed by atoms with Gasteiger partial charge in [0, 0.05) is 38.9 Å². The zero-order chi connectivity index (χ0) is 24.2. The van der Waals surface area contributed by atoms with Gasteiger partial charge >= 0.3 is 0 Å². The number of amides is 3. The second-order valence-electron chi connectivity index (χ2n) is 7.63. The van der Waals surface area contributed by atoms with Crippen molar-refractivity contribution in [1.29, 1.82) is 0 Å². The van der Waals surface area contributed by atoms with Crippen LogP contribution in [0.5, 0.6) is 0 Å². The summed E-state index contributed by atoms with van der Waals surface area (Å²) in [6.45, 7) is 21.7. The van der Waals surface area contributed by atoms with Crippen LogP contribution < -0.4 is 16.0 Å². The first kappa shape index (κ1) is 34.5. The van der Waals surface area contributed by atoms with Crippen LogP contribution in [0.25, 0.3) is 0 Å². The molecule has 0 aliphatic heterocycles. The second-order valence-corrected chi connectivity index (χ2v) is 7.63. The first-order chi connectivity index (χ1) is 13.0. The molecule has 0 aromatic carbocycles. The summed E-state index contributed by atoms with van der Waals surface area (Å²) in [6.07, 6.45) is 0.166. The zero-order valence-corrected chi connectivity index (χ0v) is 20.6. The lowest BCUT2D eigenvalue weighted by molar-refractivity contribution is -0.123. The van der Waals surface area contributed by atoms with Crippen LogP contribution in [-0.2, 0) is 23.9 Å². The molecule has 0 aliphatic rings. The van der Waals surface area contributed by atoms with Gasteiger partial charge in [-0.3, -0.25) is 19.2 Å². The number of carbonyl (C=O) groups excluding carboxylic acids is 4. The lowest BCUT2D eigenvalue weighted by Gasteiger charge is -2.02. The van der Waals surface area contributed by atoms with E-state index in [4.69, 9.17) is 4.74 Å². The molecule has 174 valence electrons. The van der Waals surface area contributed by atoms with Crippen LogP contribution in [0.15, 0.2) is 0 Å². The standard InChI is InChI=1S/C6H12O2.3C5H11NO/c1-5(2)8-4-6(3)7;3*1-4(2)6-5(3)7/h5H,4H2,1-3H3;3*4H,1-3H3,(H,6,7). The Morgan fingerprint density at radius 1 is 0.586 bits per heavy atom. The molecule has 0 saturated heterocycles. The van der Waals surface area contributed by atoms with Crippen molar-refractivity contribution in [1.82, 2.24) is 16.0 Å². The third-order valence-electron chi connectivity index (χ3n) is 2.10. The van der Waals surface area contributed by atoms with Crippen molar-refractivity contribution in [3.05, 3.63) is 0 Å². The van der Waals surface area contributed by atoms with Crippen molar-refractivity contribution >= 4 is 23.5 Å². The molecular formula is C21H45N3O5. The Labute approximate surface area is 177 Å². The van der Waals surface area contributed by atoms with E-state index in [1.807, 2.05) is 55.4 Å². The van der Waals surface area contributed by atoms with Crippen molar-refractivity contribution in [3.8, 4) is 0 Å². The first-order valence-electron chi connectivity index (χ1n) is 9.93. The molecule has 0 spiro atoms. The van der Waals surface area contributed by atoms with E-state index in [2.05, 4.69) is 16.0 Å². The minimum Gasteiger partial charge on any atom is -0.371 e. The molecule has 0 rings (SSSR count). The van der Waals surface area contributed by atoms with Gasteiger partial charge in [0.1, 0.15) is 6.61 Å². The molecule has 29 heavy (non-hydrogen) atoms. The van der Waals surface area contributed by atoms with Gasteiger partial charge in [0.05, 0.1) is 6.10 Å². The van der Waals surface area contributed by atoms with Crippen LogP contribution in [0.4, 0.5) is 0 Å². The highest BCUT2D eigenvalue weighted by Gasteiger charge is 1.94. The molecule has 8 nitrogen and oxygen atoms in total. The Balaban J connectivity index is -0.000000144. The topological polar surface area (TPSA) is 114 Å². The fourth-order valence-corrected chi connectivity index (χ4v) is 1.50. The van der Waals surface area contributed by atoms with Gasteiger partial charge in [-0.1, -0.05) is 0 Å². The molecule has 0 atom stereocenters. The fraction of sp³-hybridized carbons (Fsp3) is 0.810. The smallest absolute Gasteiger partial charge is 0.217 e. The summed E-state index contributed by atoms with van der Waals surface area (Å²) >= 11 is 0. The largest absolute Gasteiger partial charge is 0.371 e. The van der Waals surface area contributed by atoms with Crippen molar-refractivity contribution in [2.45, 2.75) is 107 Å². The van der Waals surface area contributed by atoms with E-state index >= 15 is 0 Å². The summed E-state index contributed by atoms with van der Waals surface area (Å²) in [5, 5.41) is 8.00. The first-order valence-corrected chi connectivity index (χ1v) is 9.93. The number of hydrogen-bond donors (Lipinski definition) is 3. The number of ether oxygens (including phenoxy) is 1. The molecule has 0 fully saturated rings. The summed E-state index contributed by atoms with van der Waals surface area (Å²) in [7, 11) is 0. The maximum atomic E-state index is 10.2. The molecule has 0 heterocycles. The quantitative estimate of drug-likeness (QED) is 0.612. The third kappa shape index (κ3) is 66.5. The number of rotatable bonds is 6. The molecule has 0 radical (unpaired) electrons. The Morgan fingerprint density at radius 2 is 0.828 bits per heavy atom. The van der Waals surface area contributed by atoms with Gasteiger partial charge in [0.2, 0.25) is 17.7 Å². The summed E-state index contributed by atoms with van der Waals surface area (Å²) in [4.78, 5) is 40.7. The van der Waals surface area contributed by atoms with Crippen LogP contribution in [0.2, 0.25) is 0 Å². The molecule has 3 N–H and O–H groups in total. The average Bonchev–Trinajstić information content (AvgIpc) is 2.42. The highest BCUT2D eigenvalue weighted by Crippen LogP contribution is 1.85. The molecule has 0 aromatic heterocycles. The van der Waals surface area contributed by atoms with Crippen molar-refractivity contribution in [3.63, 3.8) is 0 Å². The maximum Gasteiger partial charge on any atom is 0.217 e. The van der Waals surface area contributed by atoms with E-state index in [1.54, 1.807) is 0 Å². The predicted octanol–water partition coefficient (Wildman–Crippen LogP) is 2.59. The van der Waals surface area contributed by atoms with E-state index in [1.165, 1.54) is 27.7 Å². The lowest BCUT2D eigenvalue weighted by Crippen LogP contribution is -2.27. The van der Waals surface area contributed by atoms with E-state index in [-0.39, 0.29) is 54.3 Å². The van der Waals surface area contributed by atoms with Gasteiger partial charge in [0.15, 0.2) is 5.78 Å². The molecular weight excluding hydrogens is 374 g/mol. The Morgan fingerprint density at radius 3 is 0.862 bits per heavy atom. The van der Waals surface area contributed by atoms with E-state index in [9.17, 15) is 19.2 Å². The summed E-state index contributed by atoms with van der Waals surface area (Å²) in [5.74, 6) is 0.193. The van der Waals surface area contributed by atoms with Gasteiger partial charge < -0.3 is 20.7 Å². The van der Waals surface area contributed by atoms with Gasteiger partial charge in [-0.25, -0.2) is 0 Å². The molecule has 0 aliphatic carbocycles. The van der Waals surface area contributed by atoms with Crippen LogP contribution >= 0.6 is 0 Å². The normalized spacial score (nSPS) is 9.38. The molecule has 0 bridgehead atoms. The number of hydrogen-bond acceptors (Lipinski definition) is 5. The molecule has 0 unspecified atom stereocenters. The van der Waals surface area contributed by atoms with E-state index in [0.717, 1.165) is 0 Å². The van der Waals surface area contributed by atoms with Crippen LogP contribution in [0.1, 0.15) is 83.1 Å². The van der Waals surface area contributed by atoms with Gasteiger partial charge in [0.25, 0.3) is 0 Å². The van der Waals surface area contributed by atoms with E-state index in [0.29, 0.717) is 0 Å². The second kappa shape index (κ2) is 22.3. The van der Waals surface area contributed by atoms with Crippen molar-refractivity contribution < 1.29 is 23.9 Å². The van der Waals surface area contributed by atoms with Crippen molar-refractivity contribution in [2.75, 3.05) is 6.61 Å². The van der Waals surface area contributed by atoms with Crippen molar-refractivity contribution in [2.24, 2.45) is 0 Å². The highest BCUT2D eigenvalue weighted by molar-refractivity contribution is 5.76. The fourth-order valence-electron chi connectivity index (χ4n) is 1.50. The number of carbonyl (C=O) groups is 4. The summed E-state index contributed by atoms with van der Waals surface area (Å²) in [6, 6.07) is 0.826. The monoisotopic (exact) mass is 419 g/mol. The number of nitrogens with one attached hydrogen (secondary N) is 3. The Bertz CT molecular complexity index is 400. The molecule has 8 heteroatoms. The minimum atomic E-state index is 0.0370. The molecule has 0 aromatic rings. The number of ketones is 1. The molecule has 3 amide bonds. The number of Topliss-reactive ketones (excluding diaryl/α,β-unsaturated/α-hetero) is 1. The minimum absolute atomic E-state index is 0.0370. The predicted molar refractivity (Wildman–Crippen MR) is 119 cm³/mol. The van der Waals surface area contributed by atoms with E-state index < -0.39 is 0 Å². The third-order valence-corrected chi connectivity index (χ3v) is 2.10. The summed E-state index contributed by atoms with van der Waals surface area (Å²) < 4.78 is 4.95. The Kier molecular flexibility index (Phi) is 26.6.